The Bertz CT molecular complexity index is 1350. The number of anilines is 1. The van der Waals surface area contributed by atoms with Crippen LogP contribution in [0.5, 0.6) is 0 Å². The molecule has 1 spiro atoms. The van der Waals surface area contributed by atoms with E-state index in [0.717, 1.165) is 43.9 Å². The highest BCUT2D eigenvalue weighted by Gasteiger charge is 2.48. The highest BCUT2D eigenvalue weighted by atomic mass is 79.9. The topological polar surface area (TPSA) is 66.8 Å². The average molecular weight is 609 g/mol. The van der Waals surface area contributed by atoms with E-state index in [2.05, 4.69) is 26.2 Å². The zero-order chi connectivity index (χ0) is 27.6. The molecule has 1 aromatic carbocycles. The largest absolute Gasteiger partial charge is 0.433 e. The lowest BCUT2D eigenvalue weighted by molar-refractivity contribution is -0.141. The van der Waals surface area contributed by atoms with Gasteiger partial charge < -0.3 is 15.0 Å². The third-order valence-electron chi connectivity index (χ3n) is 8.51. The predicted octanol–water partition coefficient (Wildman–Crippen LogP) is 6.04. The smallest absolute Gasteiger partial charge is 0.373 e. The van der Waals surface area contributed by atoms with Gasteiger partial charge in [0.15, 0.2) is 0 Å². The van der Waals surface area contributed by atoms with Crippen molar-refractivity contribution in [3.05, 3.63) is 57.1 Å². The molecule has 0 atom stereocenters. The molecule has 2 aliphatic heterocycles. The quantitative estimate of drug-likeness (QED) is 0.406. The lowest BCUT2D eigenvalue weighted by atomic mass is 9.67. The van der Waals surface area contributed by atoms with Crippen molar-refractivity contribution >= 4 is 33.4 Å². The Hall–Kier alpha value is -2.53. The Morgan fingerprint density at radius 1 is 1.15 bits per heavy atom. The third-order valence-corrected chi connectivity index (χ3v) is 8.96. The molecule has 1 saturated heterocycles. The zero-order valence-corrected chi connectivity index (χ0v) is 23.1. The number of hydrogen-bond acceptors (Lipinski definition) is 5. The molecule has 2 aromatic rings. The van der Waals surface area contributed by atoms with E-state index < -0.39 is 22.8 Å². The Balaban J connectivity index is 1.27. The molecule has 2 aliphatic carbocycles. The predicted molar refractivity (Wildman–Crippen MR) is 141 cm³/mol. The molecule has 6 nitrogen and oxygen atoms in total. The summed E-state index contributed by atoms with van der Waals surface area (Å²) in [6.45, 7) is 3.03. The average Bonchev–Trinajstić information content (AvgIpc) is 3.64. The highest BCUT2D eigenvalue weighted by Crippen LogP contribution is 2.45. The number of carbonyl (C=O) groups excluding carboxylic acids is 1. The van der Waals surface area contributed by atoms with Crippen molar-refractivity contribution in [1.29, 1.82) is 0 Å². The number of aromatic nitrogens is 1. The van der Waals surface area contributed by atoms with Gasteiger partial charge in [0, 0.05) is 39.8 Å². The van der Waals surface area contributed by atoms with E-state index in [9.17, 15) is 22.4 Å². The summed E-state index contributed by atoms with van der Waals surface area (Å²) in [7, 11) is 0. The second-order valence-electron chi connectivity index (χ2n) is 11.3. The summed E-state index contributed by atoms with van der Waals surface area (Å²) in [5, 5.41) is 2.86. The van der Waals surface area contributed by atoms with Crippen LogP contribution in [0, 0.1) is 5.82 Å². The van der Waals surface area contributed by atoms with Crippen LogP contribution in [0.3, 0.4) is 0 Å². The number of nitrogens with zero attached hydrogens (tertiary/aromatic N) is 3. The standard InChI is InChI=1S/C28H29BrF4N4O2/c1-26(7-2-8-26)23-18(5-6-22(34-23)28(31,32)33)24-35-25(38)27(36-24)9-11-37(12-10-27)21-14-16(29)13-20(30)19(21)15-39-17-3-4-17/h5-6,13-14,17H,2-4,7-12,15H2,1H3,(H,35,36,38). The van der Waals surface area contributed by atoms with Gasteiger partial charge in [-0.2, -0.15) is 13.2 Å². The second-order valence-corrected chi connectivity index (χ2v) is 12.2. The first-order chi connectivity index (χ1) is 18.5. The summed E-state index contributed by atoms with van der Waals surface area (Å²) in [5.74, 6) is -0.324. The highest BCUT2D eigenvalue weighted by molar-refractivity contribution is 9.10. The van der Waals surface area contributed by atoms with E-state index in [1.807, 2.05) is 17.9 Å². The van der Waals surface area contributed by atoms with E-state index in [1.165, 1.54) is 12.1 Å². The number of halogens is 5. The number of nitrogens with one attached hydrogen (secondary N) is 1. The Labute approximate surface area is 232 Å². The van der Waals surface area contributed by atoms with Crippen LogP contribution in [-0.2, 0) is 27.7 Å². The molecule has 2 saturated carbocycles. The van der Waals surface area contributed by atoms with Crippen LogP contribution in [0.4, 0.5) is 23.2 Å². The van der Waals surface area contributed by atoms with E-state index in [4.69, 9.17) is 9.73 Å². The SMILES string of the molecule is CC1(c2nc(C(F)(F)F)ccc2C2=NC3(CCN(c4cc(Br)cc(F)c4COC4CC4)CC3)C(=O)N2)CCC1. The van der Waals surface area contributed by atoms with Crippen molar-refractivity contribution in [3.8, 4) is 0 Å². The summed E-state index contributed by atoms with van der Waals surface area (Å²) in [6.07, 6.45) is 0.756. The molecule has 11 heteroatoms. The third kappa shape index (κ3) is 4.96. The molecule has 0 bridgehead atoms. The summed E-state index contributed by atoms with van der Waals surface area (Å²) in [6, 6.07) is 5.64. The summed E-state index contributed by atoms with van der Waals surface area (Å²) >= 11 is 3.39. The Morgan fingerprint density at radius 2 is 1.87 bits per heavy atom. The van der Waals surface area contributed by atoms with Crippen LogP contribution in [0.1, 0.15) is 74.4 Å². The van der Waals surface area contributed by atoms with Crippen LogP contribution >= 0.6 is 15.9 Å². The fourth-order valence-electron chi connectivity index (χ4n) is 5.76. The molecule has 39 heavy (non-hydrogen) atoms. The lowest BCUT2D eigenvalue weighted by Crippen LogP contribution is -2.49. The van der Waals surface area contributed by atoms with Gasteiger partial charge in [0.2, 0.25) is 0 Å². The van der Waals surface area contributed by atoms with Crippen molar-refractivity contribution in [2.24, 2.45) is 4.99 Å². The number of benzene rings is 1. The molecule has 0 unspecified atom stereocenters. The minimum Gasteiger partial charge on any atom is -0.373 e. The molecule has 1 aromatic heterocycles. The molecular formula is C28H29BrF4N4O2. The molecule has 3 heterocycles. The molecule has 4 aliphatic rings. The fraction of sp³-hybridized carbons (Fsp3) is 0.536. The number of alkyl halides is 3. The minimum atomic E-state index is -4.56. The maximum atomic E-state index is 14.9. The van der Waals surface area contributed by atoms with Gasteiger partial charge in [0.05, 0.1) is 18.4 Å². The van der Waals surface area contributed by atoms with Gasteiger partial charge in [-0.1, -0.05) is 29.3 Å². The molecule has 3 fully saturated rings. The monoisotopic (exact) mass is 608 g/mol. The first kappa shape index (κ1) is 26.7. The van der Waals surface area contributed by atoms with Gasteiger partial charge in [-0.05, 0) is 62.8 Å². The first-order valence-corrected chi connectivity index (χ1v) is 14.1. The number of ether oxygens (including phenoxy) is 1. The molecular weight excluding hydrogens is 580 g/mol. The van der Waals surface area contributed by atoms with Crippen molar-refractivity contribution in [3.63, 3.8) is 0 Å². The van der Waals surface area contributed by atoms with Crippen molar-refractivity contribution < 1.29 is 27.1 Å². The van der Waals surface area contributed by atoms with Crippen LogP contribution in [-0.4, -0.2) is 41.5 Å². The van der Waals surface area contributed by atoms with E-state index in [0.29, 0.717) is 47.2 Å². The van der Waals surface area contributed by atoms with Gasteiger partial charge in [-0.3, -0.25) is 9.79 Å². The van der Waals surface area contributed by atoms with Crippen LogP contribution in [0.2, 0.25) is 0 Å². The number of amides is 1. The number of pyridine rings is 1. The molecule has 1 N–H and O–H groups in total. The number of hydrogen-bond donors (Lipinski definition) is 1. The summed E-state index contributed by atoms with van der Waals surface area (Å²) in [5.41, 5.74) is -0.449. The zero-order valence-electron chi connectivity index (χ0n) is 21.5. The number of rotatable bonds is 6. The van der Waals surface area contributed by atoms with Gasteiger partial charge in [0.1, 0.15) is 22.9 Å². The maximum Gasteiger partial charge on any atom is 0.433 e. The van der Waals surface area contributed by atoms with Crippen LogP contribution in [0.15, 0.2) is 33.7 Å². The Kier molecular flexibility index (Phi) is 6.53. The number of carbonyl (C=O) groups is 1. The van der Waals surface area contributed by atoms with Crippen molar-refractivity contribution in [1.82, 2.24) is 10.3 Å². The minimum absolute atomic E-state index is 0.187. The number of piperidine rings is 1. The molecule has 1 amide bonds. The summed E-state index contributed by atoms with van der Waals surface area (Å²) in [4.78, 5) is 24.2. The number of amidine groups is 1. The van der Waals surface area contributed by atoms with E-state index >= 15 is 0 Å². The van der Waals surface area contributed by atoms with Crippen LogP contribution in [0.25, 0.3) is 0 Å². The number of aliphatic imine (C=N–C) groups is 1. The molecule has 6 rings (SSSR count). The Morgan fingerprint density at radius 3 is 2.49 bits per heavy atom. The summed E-state index contributed by atoms with van der Waals surface area (Å²) < 4.78 is 61.8. The lowest BCUT2D eigenvalue weighted by Gasteiger charge is -2.39. The second kappa shape index (κ2) is 9.54. The normalized spacial score (nSPS) is 22.1. The van der Waals surface area contributed by atoms with Gasteiger partial charge in [-0.25, -0.2) is 9.37 Å². The van der Waals surface area contributed by atoms with Crippen molar-refractivity contribution in [2.45, 2.75) is 81.7 Å². The molecule has 208 valence electrons. The molecule has 0 radical (unpaired) electrons. The van der Waals surface area contributed by atoms with Crippen LogP contribution < -0.4 is 10.2 Å². The van der Waals surface area contributed by atoms with Gasteiger partial charge in [0.25, 0.3) is 5.91 Å². The maximum absolute atomic E-state index is 14.9. The van der Waals surface area contributed by atoms with Gasteiger partial charge >= 0.3 is 6.18 Å². The first-order valence-electron chi connectivity index (χ1n) is 13.3. The van der Waals surface area contributed by atoms with E-state index in [1.54, 1.807) is 0 Å². The van der Waals surface area contributed by atoms with Crippen molar-refractivity contribution in [2.75, 3.05) is 18.0 Å². The van der Waals surface area contributed by atoms with Gasteiger partial charge in [-0.15, -0.1) is 0 Å². The van der Waals surface area contributed by atoms with E-state index in [-0.39, 0.29) is 30.3 Å². The fourth-order valence-corrected chi connectivity index (χ4v) is 6.18.